The summed E-state index contributed by atoms with van der Waals surface area (Å²) >= 11 is 0. The molecule has 3 aromatic heterocycles. The number of fused-ring (bicyclic) bond motifs is 1. The number of hydrogen-bond acceptors (Lipinski definition) is 5. The van der Waals surface area contributed by atoms with E-state index >= 15 is 0 Å². The molecular weight excluding hydrogens is 330 g/mol. The molecule has 0 spiro atoms. The standard InChI is InChI=1S/C18H21N7O/c1-24-11-14(10-22-24)16-6-12-7-17(21-9-13(12)8-20-16)23-18(26)25-4-2-15(19)3-5-25/h6-11,15H,2-5,19H2,1H3,(H,21,23,26). The normalized spacial score (nSPS) is 15.4. The third kappa shape index (κ3) is 3.36. The van der Waals surface area contributed by atoms with E-state index in [0.717, 1.165) is 34.9 Å². The van der Waals surface area contributed by atoms with Crippen LogP contribution in [0, 0.1) is 0 Å². The maximum atomic E-state index is 12.4. The van der Waals surface area contributed by atoms with Gasteiger partial charge < -0.3 is 10.6 Å². The van der Waals surface area contributed by atoms with Crippen LogP contribution in [0.4, 0.5) is 10.6 Å². The van der Waals surface area contributed by atoms with Gasteiger partial charge in [0.25, 0.3) is 0 Å². The fourth-order valence-corrected chi connectivity index (χ4v) is 3.11. The van der Waals surface area contributed by atoms with Crippen molar-refractivity contribution < 1.29 is 4.79 Å². The molecule has 0 unspecified atom stereocenters. The lowest BCUT2D eigenvalue weighted by Gasteiger charge is -2.30. The molecule has 0 saturated carbocycles. The molecule has 134 valence electrons. The molecule has 0 atom stereocenters. The molecule has 0 aliphatic carbocycles. The van der Waals surface area contributed by atoms with Gasteiger partial charge in [0, 0.05) is 55.7 Å². The number of nitrogens with zero attached hydrogens (tertiary/aromatic N) is 5. The molecule has 4 heterocycles. The monoisotopic (exact) mass is 351 g/mol. The van der Waals surface area contributed by atoms with Gasteiger partial charge in [0.05, 0.1) is 11.9 Å². The quantitative estimate of drug-likeness (QED) is 0.735. The largest absolute Gasteiger partial charge is 0.328 e. The van der Waals surface area contributed by atoms with Gasteiger partial charge in [0.2, 0.25) is 0 Å². The molecule has 0 bridgehead atoms. The highest BCUT2D eigenvalue weighted by Gasteiger charge is 2.20. The second-order valence-electron chi connectivity index (χ2n) is 6.64. The first kappa shape index (κ1) is 16.5. The van der Waals surface area contributed by atoms with Gasteiger partial charge in [-0.3, -0.25) is 15.0 Å². The molecule has 8 heteroatoms. The topological polar surface area (TPSA) is 102 Å². The van der Waals surface area contributed by atoms with Crippen molar-refractivity contribution in [1.29, 1.82) is 0 Å². The van der Waals surface area contributed by atoms with Crippen LogP contribution < -0.4 is 11.1 Å². The van der Waals surface area contributed by atoms with Gasteiger partial charge in [-0.15, -0.1) is 0 Å². The van der Waals surface area contributed by atoms with E-state index in [0.29, 0.717) is 18.9 Å². The second-order valence-corrected chi connectivity index (χ2v) is 6.64. The van der Waals surface area contributed by atoms with Crippen LogP contribution in [-0.2, 0) is 7.05 Å². The highest BCUT2D eigenvalue weighted by Crippen LogP contribution is 2.23. The van der Waals surface area contributed by atoms with Crippen LogP contribution in [0.3, 0.4) is 0 Å². The first-order valence-electron chi connectivity index (χ1n) is 8.65. The van der Waals surface area contributed by atoms with Crippen molar-refractivity contribution in [1.82, 2.24) is 24.6 Å². The minimum absolute atomic E-state index is 0.134. The van der Waals surface area contributed by atoms with Gasteiger partial charge in [-0.1, -0.05) is 0 Å². The lowest BCUT2D eigenvalue weighted by atomic mass is 10.1. The number of anilines is 1. The number of carbonyl (C=O) groups excluding carboxylic acids is 1. The van der Waals surface area contributed by atoms with E-state index in [1.54, 1.807) is 28.2 Å². The number of urea groups is 1. The van der Waals surface area contributed by atoms with Crippen LogP contribution >= 0.6 is 0 Å². The van der Waals surface area contributed by atoms with Crippen molar-refractivity contribution in [2.24, 2.45) is 12.8 Å². The van der Waals surface area contributed by atoms with Gasteiger partial charge in [0.1, 0.15) is 5.82 Å². The van der Waals surface area contributed by atoms with Crippen molar-refractivity contribution in [3.8, 4) is 11.3 Å². The fraction of sp³-hybridized carbons (Fsp3) is 0.333. The van der Waals surface area contributed by atoms with Gasteiger partial charge >= 0.3 is 6.03 Å². The molecule has 3 N–H and O–H groups in total. The molecule has 2 amide bonds. The van der Waals surface area contributed by atoms with E-state index < -0.39 is 0 Å². The van der Waals surface area contributed by atoms with E-state index in [4.69, 9.17) is 5.73 Å². The van der Waals surface area contributed by atoms with E-state index in [9.17, 15) is 4.79 Å². The number of amides is 2. The summed E-state index contributed by atoms with van der Waals surface area (Å²) in [6.45, 7) is 1.35. The molecule has 0 radical (unpaired) electrons. The lowest BCUT2D eigenvalue weighted by Crippen LogP contribution is -2.44. The fourth-order valence-electron chi connectivity index (χ4n) is 3.11. The number of nitrogens with one attached hydrogen (secondary N) is 1. The zero-order chi connectivity index (χ0) is 18.1. The van der Waals surface area contributed by atoms with Crippen LogP contribution in [0.15, 0.2) is 36.9 Å². The summed E-state index contributed by atoms with van der Waals surface area (Å²) in [5, 5.41) is 8.94. The number of hydrogen-bond donors (Lipinski definition) is 2. The van der Waals surface area contributed by atoms with Gasteiger partial charge in [0.15, 0.2) is 0 Å². The molecule has 1 aliphatic rings. The number of likely N-dealkylation sites (tertiary alicyclic amines) is 1. The molecule has 1 fully saturated rings. The predicted molar refractivity (Wildman–Crippen MR) is 99.5 cm³/mol. The molecule has 0 aromatic carbocycles. The maximum Gasteiger partial charge on any atom is 0.323 e. The van der Waals surface area contributed by atoms with Crippen molar-refractivity contribution in [3.63, 3.8) is 0 Å². The number of piperidine rings is 1. The van der Waals surface area contributed by atoms with Crippen molar-refractivity contribution in [2.75, 3.05) is 18.4 Å². The zero-order valence-electron chi connectivity index (χ0n) is 14.6. The van der Waals surface area contributed by atoms with Crippen LogP contribution in [-0.4, -0.2) is 49.8 Å². The first-order valence-corrected chi connectivity index (χ1v) is 8.65. The number of rotatable bonds is 2. The van der Waals surface area contributed by atoms with Gasteiger partial charge in [-0.25, -0.2) is 9.78 Å². The zero-order valence-corrected chi connectivity index (χ0v) is 14.6. The molecule has 1 aliphatic heterocycles. The first-order chi connectivity index (χ1) is 12.6. The number of nitrogens with two attached hydrogens (primary N) is 1. The Balaban J connectivity index is 1.55. The molecule has 26 heavy (non-hydrogen) atoms. The van der Waals surface area contributed by atoms with Crippen LogP contribution in [0.2, 0.25) is 0 Å². The average molecular weight is 351 g/mol. The number of pyridine rings is 2. The minimum Gasteiger partial charge on any atom is -0.328 e. The summed E-state index contributed by atoms with van der Waals surface area (Å²) in [6, 6.07) is 3.90. The van der Waals surface area contributed by atoms with Crippen molar-refractivity contribution >= 4 is 22.6 Å². The van der Waals surface area contributed by atoms with Gasteiger partial charge in [-0.05, 0) is 30.4 Å². The summed E-state index contributed by atoms with van der Waals surface area (Å²) in [5.74, 6) is 0.528. The Hall–Kier alpha value is -3.00. The Morgan fingerprint density at radius 3 is 2.65 bits per heavy atom. The van der Waals surface area contributed by atoms with Crippen LogP contribution in [0.25, 0.3) is 22.0 Å². The summed E-state index contributed by atoms with van der Waals surface area (Å²) in [6.07, 6.45) is 8.86. The van der Waals surface area contributed by atoms with Crippen LogP contribution in [0.5, 0.6) is 0 Å². The Morgan fingerprint density at radius 2 is 1.92 bits per heavy atom. The third-order valence-electron chi connectivity index (χ3n) is 4.67. The maximum absolute atomic E-state index is 12.4. The van der Waals surface area contributed by atoms with Crippen LogP contribution in [0.1, 0.15) is 12.8 Å². The molecule has 4 rings (SSSR count). The Bertz CT molecular complexity index is 944. The molecular formula is C18H21N7O. The lowest BCUT2D eigenvalue weighted by molar-refractivity contribution is 0.195. The minimum atomic E-state index is -0.134. The van der Waals surface area contributed by atoms with E-state index in [1.165, 1.54) is 0 Å². The SMILES string of the molecule is Cn1cc(-c2cc3cc(NC(=O)N4CCC(N)CC4)ncc3cn2)cn1. The summed E-state index contributed by atoms with van der Waals surface area (Å²) in [4.78, 5) is 23.0. The molecule has 3 aromatic rings. The second kappa shape index (κ2) is 6.72. The number of carbonyl (C=O) groups is 1. The summed E-state index contributed by atoms with van der Waals surface area (Å²) in [5.41, 5.74) is 7.67. The molecule has 1 saturated heterocycles. The number of aryl methyl sites for hydroxylation is 1. The van der Waals surface area contributed by atoms with Crippen molar-refractivity contribution in [2.45, 2.75) is 18.9 Å². The Morgan fingerprint density at radius 1 is 1.15 bits per heavy atom. The van der Waals surface area contributed by atoms with Crippen molar-refractivity contribution in [3.05, 3.63) is 36.9 Å². The highest BCUT2D eigenvalue weighted by molar-refractivity contribution is 5.92. The molecule has 8 nitrogen and oxygen atoms in total. The highest BCUT2D eigenvalue weighted by atomic mass is 16.2. The third-order valence-corrected chi connectivity index (χ3v) is 4.67. The Kier molecular flexibility index (Phi) is 4.26. The average Bonchev–Trinajstić information content (AvgIpc) is 3.08. The van der Waals surface area contributed by atoms with E-state index in [1.807, 2.05) is 25.4 Å². The van der Waals surface area contributed by atoms with E-state index in [-0.39, 0.29) is 12.1 Å². The predicted octanol–water partition coefficient (Wildman–Crippen LogP) is 1.99. The van der Waals surface area contributed by atoms with Gasteiger partial charge in [-0.2, -0.15) is 5.10 Å². The smallest absolute Gasteiger partial charge is 0.323 e. The summed E-state index contributed by atoms with van der Waals surface area (Å²) in [7, 11) is 1.87. The van der Waals surface area contributed by atoms with E-state index in [2.05, 4.69) is 20.4 Å². The summed E-state index contributed by atoms with van der Waals surface area (Å²) < 4.78 is 1.74. The number of aromatic nitrogens is 4. The Labute approximate surface area is 151 Å².